The van der Waals surface area contributed by atoms with Crippen LogP contribution >= 0.6 is 22.6 Å². The van der Waals surface area contributed by atoms with E-state index in [9.17, 15) is 4.79 Å². The molecule has 0 aliphatic carbocycles. The molecule has 0 aromatic heterocycles. The van der Waals surface area contributed by atoms with E-state index in [-0.39, 0.29) is 12.1 Å². The highest BCUT2D eigenvalue weighted by atomic mass is 127. The molecule has 1 rings (SSSR count). The molecule has 0 saturated heterocycles. The maximum Gasteiger partial charge on any atom is 0.154 e. The van der Waals surface area contributed by atoms with Crippen LogP contribution in [0.1, 0.15) is 10.4 Å². The second-order valence-corrected chi connectivity index (χ2v) is 3.38. The first-order chi connectivity index (χ1) is 5.24. The molecular weight excluding hydrogens is 250 g/mol. The summed E-state index contributed by atoms with van der Waals surface area (Å²) in [4.78, 5) is 11.0. The Morgan fingerprint density at radius 2 is 2.27 bits per heavy atom. The van der Waals surface area contributed by atoms with Crippen molar-refractivity contribution in [3.63, 3.8) is 0 Å². The molecule has 2 radical (unpaired) electrons. The van der Waals surface area contributed by atoms with E-state index in [0.29, 0.717) is 5.56 Å². The van der Waals surface area contributed by atoms with Crippen LogP contribution in [0.4, 0.5) is 0 Å². The fourth-order valence-corrected chi connectivity index (χ4v) is 1.32. The number of benzene rings is 1. The Morgan fingerprint density at radius 1 is 1.55 bits per heavy atom. The van der Waals surface area contributed by atoms with Gasteiger partial charge in [0.2, 0.25) is 0 Å². The summed E-state index contributed by atoms with van der Waals surface area (Å²) < 4.78 is 1.06. The molecule has 1 aromatic carbocycles. The van der Waals surface area contributed by atoms with Gasteiger partial charge in [-0.05, 0) is 41.0 Å². The average Bonchev–Trinajstić information content (AvgIpc) is 2.03. The van der Waals surface area contributed by atoms with Gasteiger partial charge >= 0.3 is 0 Å². The van der Waals surface area contributed by atoms with Crippen molar-refractivity contribution in [3.05, 3.63) is 33.4 Å². The van der Waals surface area contributed by atoms with E-state index in [2.05, 4.69) is 22.6 Å². The van der Waals surface area contributed by atoms with Crippen molar-refractivity contribution in [1.82, 2.24) is 0 Å². The largest absolute Gasteiger partial charge is 0.295 e. The van der Waals surface area contributed by atoms with E-state index in [1.807, 2.05) is 18.2 Å². The molecule has 0 saturated carbocycles. The molecule has 0 aliphatic heterocycles. The van der Waals surface area contributed by atoms with E-state index in [1.54, 1.807) is 6.07 Å². The first-order valence-electron chi connectivity index (χ1n) is 3.23. The lowest BCUT2D eigenvalue weighted by molar-refractivity contribution is 0.101. The number of Topliss-reactive ketones (excluding diaryl/α,β-unsaturated/α-hetero) is 1. The summed E-state index contributed by atoms with van der Waals surface area (Å²) in [5, 5.41) is 0. The van der Waals surface area contributed by atoms with Gasteiger partial charge in [-0.3, -0.25) is 4.79 Å². The van der Waals surface area contributed by atoms with E-state index in [1.165, 1.54) is 0 Å². The van der Waals surface area contributed by atoms with E-state index >= 15 is 0 Å². The zero-order chi connectivity index (χ0) is 8.27. The molecule has 0 spiro atoms. The van der Waals surface area contributed by atoms with Gasteiger partial charge in [0.15, 0.2) is 5.78 Å². The second kappa shape index (κ2) is 3.90. The quantitative estimate of drug-likeness (QED) is 0.449. The highest BCUT2D eigenvalue weighted by Crippen LogP contribution is 2.08. The van der Waals surface area contributed by atoms with Gasteiger partial charge in [0.05, 0.1) is 7.85 Å². The minimum Gasteiger partial charge on any atom is -0.295 e. The predicted molar refractivity (Wildman–Crippen MR) is 54.1 cm³/mol. The minimum atomic E-state index is -0.0106. The van der Waals surface area contributed by atoms with Crippen LogP contribution in [-0.2, 0) is 0 Å². The van der Waals surface area contributed by atoms with Crippen LogP contribution in [0.25, 0.3) is 0 Å². The van der Waals surface area contributed by atoms with Gasteiger partial charge in [-0.25, -0.2) is 0 Å². The minimum absolute atomic E-state index is 0.0106. The molecule has 0 unspecified atom stereocenters. The molecular formula is C8H6BIO. The van der Waals surface area contributed by atoms with Gasteiger partial charge in [-0.15, -0.1) is 0 Å². The maximum absolute atomic E-state index is 11.0. The van der Waals surface area contributed by atoms with E-state index in [4.69, 9.17) is 7.85 Å². The van der Waals surface area contributed by atoms with Gasteiger partial charge in [0.1, 0.15) is 0 Å². The third kappa shape index (κ3) is 2.32. The normalized spacial score (nSPS) is 9.55. The van der Waals surface area contributed by atoms with Crippen LogP contribution in [0.5, 0.6) is 0 Å². The molecule has 0 amide bonds. The highest BCUT2D eigenvalue weighted by Gasteiger charge is 2.00. The van der Waals surface area contributed by atoms with E-state index < -0.39 is 0 Å². The number of hydrogen-bond acceptors (Lipinski definition) is 1. The second-order valence-electron chi connectivity index (χ2n) is 2.14. The van der Waals surface area contributed by atoms with Crippen LogP contribution in [-0.4, -0.2) is 13.6 Å². The molecule has 54 valence electrons. The summed E-state index contributed by atoms with van der Waals surface area (Å²) >= 11 is 2.16. The third-order valence-electron chi connectivity index (χ3n) is 1.33. The molecule has 0 N–H and O–H groups in total. The topological polar surface area (TPSA) is 17.1 Å². The zero-order valence-electron chi connectivity index (χ0n) is 5.88. The smallest absolute Gasteiger partial charge is 0.154 e. The van der Waals surface area contributed by atoms with Crippen molar-refractivity contribution in [1.29, 1.82) is 0 Å². The number of rotatable bonds is 2. The Hall–Kier alpha value is -0.315. The lowest BCUT2D eigenvalue weighted by Crippen LogP contribution is -1.96. The standard InChI is InChI=1S/C8H6BIO/c9-5-8(11)6-2-1-3-7(10)4-6/h1-4H,5H2. The summed E-state index contributed by atoms with van der Waals surface area (Å²) in [7, 11) is 5.20. The lowest BCUT2D eigenvalue weighted by Gasteiger charge is -1.96. The first-order valence-corrected chi connectivity index (χ1v) is 4.31. The van der Waals surface area contributed by atoms with Crippen LogP contribution in [0.2, 0.25) is 6.32 Å². The molecule has 0 fully saturated rings. The van der Waals surface area contributed by atoms with Crippen molar-refractivity contribution < 1.29 is 4.79 Å². The Morgan fingerprint density at radius 3 is 2.82 bits per heavy atom. The number of carbonyl (C=O) groups excluding carboxylic acids is 1. The van der Waals surface area contributed by atoms with Crippen molar-refractivity contribution in [3.8, 4) is 0 Å². The average molecular weight is 256 g/mol. The van der Waals surface area contributed by atoms with Gasteiger partial charge in [-0.2, -0.15) is 0 Å². The third-order valence-corrected chi connectivity index (χ3v) is 2.00. The van der Waals surface area contributed by atoms with Gasteiger partial charge in [0.25, 0.3) is 0 Å². The highest BCUT2D eigenvalue weighted by molar-refractivity contribution is 14.1. The molecule has 0 atom stereocenters. The lowest BCUT2D eigenvalue weighted by atomic mass is 9.96. The van der Waals surface area contributed by atoms with Crippen LogP contribution < -0.4 is 0 Å². The molecule has 0 aliphatic rings. The summed E-state index contributed by atoms with van der Waals surface area (Å²) in [5.74, 6) is -0.0106. The maximum atomic E-state index is 11.0. The number of carbonyl (C=O) groups is 1. The van der Waals surface area contributed by atoms with Crippen molar-refractivity contribution in [2.24, 2.45) is 0 Å². The Bertz CT molecular complexity index is 273. The summed E-state index contributed by atoms with van der Waals surface area (Å²) in [6, 6.07) is 7.39. The van der Waals surface area contributed by atoms with Crippen molar-refractivity contribution in [2.45, 2.75) is 6.32 Å². The summed E-state index contributed by atoms with van der Waals surface area (Å²) in [6.45, 7) is 0. The Kier molecular flexibility index (Phi) is 3.11. The molecule has 1 aromatic rings. The molecule has 1 nitrogen and oxygen atoms in total. The van der Waals surface area contributed by atoms with Crippen LogP contribution in [0.3, 0.4) is 0 Å². The molecule has 0 bridgehead atoms. The molecule has 11 heavy (non-hydrogen) atoms. The van der Waals surface area contributed by atoms with Crippen molar-refractivity contribution in [2.75, 3.05) is 0 Å². The number of hydrogen-bond donors (Lipinski definition) is 0. The van der Waals surface area contributed by atoms with Crippen LogP contribution in [0, 0.1) is 3.57 Å². The van der Waals surface area contributed by atoms with Crippen LogP contribution in [0.15, 0.2) is 24.3 Å². The van der Waals surface area contributed by atoms with Gasteiger partial charge < -0.3 is 0 Å². The predicted octanol–water partition coefficient (Wildman–Crippen LogP) is 2.06. The SMILES string of the molecule is [B]CC(=O)c1cccc(I)c1. The Labute approximate surface area is 80.7 Å². The number of ketones is 1. The van der Waals surface area contributed by atoms with Gasteiger partial charge in [0, 0.05) is 9.13 Å². The summed E-state index contributed by atoms with van der Waals surface area (Å²) in [6.07, 6.45) is 0.0834. The fraction of sp³-hybridized carbons (Fsp3) is 0.125. The Balaban J connectivity index is 2.96. The first kappa shape index (κ1) is 8.78. The zero-order valence-corrected chi connectivity index (χ0v) is 8.04. The molecule has 3 heteroatoms. The number of halogens is 1. The van der Waals surface area contributed by atoms with E-state index in [0.717, 1.165) is 3.57 Å². The van der Waals surface area contributed by atoms with Crippen molar-refractivity contribution >= 4 is 36.2 Å². The van der Waals surface area contributed by atoms with Gasteiger partial charge in [-0.1, -0.05) is 12.1 Å². The monoisotopic (exact) mass is 256 g/mol. The summed E-state index contributed by atoms with van der Waals surface area (Å²) in [5.41, 5.74) is 0.694. The molecule has 0 heterocycles. The fourth-order valence-electron chi connectivity index (χ4n) is 0.780.